The van der Waals surface area contributed by atoms with Gasteiger partial charge in [-0.3, -0.25) is 4.90 Å². The summed E-state index contributed by atoms with van der Waals surface area (Å²) in [6.45, 7) is 8.06. The smallest absolute Gasteiger partial charge is 0.414 e. The normalized spacial score (nSPS) is 14.5. The number of carboxylic acid groups (broad SMARTS) is 2. The fourth-order valence-corrected chi connectivity index (χ4v) is 2.11. The van der Waals surface area contributed by atoms with Crippen molar-refractivity contribution in [3.05, 3.63) is 28.8 Å². The van der Waals surface area contributed by atoms with E-state index in [1.807, 2.05) is 25.1 Å². The van der Waals surface area contributed by atoms with Gasteiger partial charge < -0.3 is 20.3 Å². The lowest BCUT2D eigenvalue weighted by atomic mass is 10.2. The largest absolute Gasteiger partial charge is 0.491 e. The number of rotatable bonds is 4. The molecule has 7 nitrogen and oxygen atoms in total. The lowest BCUT2D eigenvalue weighted by Crippen LogP contribution is -2.44. The van der Waals surface area contributed by atoms with E-state index in [1.165, 1.54) is 5.56 Å². The zero-order valence-corrected chi connectivity index (χ0v) is 13.7. The van der Waals surface area contributed by atoms with Crippen LogP contribution in [-0.4, -0.2) is 66.4 Å². The highest BCUT2D eigenvalue weighted by Crippen LogP contribution is 2.25. The summed E-state index contributed by atoms with van der Waals surface area (Å²) in [4.78, 5) is 20.6. The number of carboxylic acids is 2. The molecule has 2 rings (SSSR count). The Labute approximate surface area is 139 Å². The Kier molecular flexibility index (Phi) is 8.39. The molecule has 3 N–H and O–H groups in total. The maximum Gasteiger partial charge on any atom is 0.414 e. The molecule has 128 valence electrons. The Hall–Kier alpha value is -1.83. The van der Waals surface area contributed by atoms with E-state index in [1.54, 1.807) is 0 Å². The molecule has 0 amide bonds. The number of aryl methyl sites for hydroxylation is 1. The van der Waals surface area contributed by atoms with Gasteiger partial charge in [0.05, 0.1) is 5.02 Å². The van der Waals surface area contributed by atoms with Gasteiger partial charge in [0.2, 0.25) is 0 Å². The van der Waals surface area contributed by atoms with Gasteiger partial charge in [-0.15, -0.1) is 0 Å². The second-order valence-corrected chi connectivity index (χ2v) is 5.39. The lowest BCUT2D eigenvalue weighted by molar-refractivity contribution is -0.159. The Morgan fingerprint density at radius 2 is 1.87 bits per heavy atom. The molecule has 1 aliphatic rings. The summed E-state index contributed by atoms with van der Waals surface area (Å²) in [7, 11) is 0. The first kappa shape index (κ1) is 19.2. The van der Waals surface area contributed by atoms with Gasteiger partial charge in [0.25, 0.3) is 0 Å². The minimum Gasteiger partial charge on any atom is -0.491 e. The number of carbonyl (C=O) groups is 2. The van der Waals surface area contributed by atoms with Crippen LogP contribution in [0.4, 0.5) is 0 Å². The maximum absolute atomic E-state index is 9.10. The van der Waals surface area contributed by atoms with E-state index >= 15 is 0 Å². The standard InChI is InChI=1S/C13H19ClN2O.C2H2O4/c1-11-2-3-12(14)13(10-11)17-9-8-16-6-4-15-5-7-16;3-1(4)2(5)6/h2-3,10,15H,4-9H2,1H3;(H,3,4)(H,5,6). The van der Waals surface area contributed by atoms with Crippen LogP contribution in [0.2, 0.25) is 5.02 Å². The van der Waals surface area contributed by atoms with E-state index in [4.69, 9.17) is 36.1 Å². The first-order valence-corrected chi connectivity index (χ1v) is 7.56. The first-order chi connectivity index (χ1) is 10.9. The van der Waals surface area contributed by atoms with Crippen molar-refractivity contribution in [3.8, 4) is 5.75 Å². The maximum atomic E-state index is 9.10. The van der Waals surface area contributed by atoms with E-state index in [0.29, 0.717) is 11.6 Å². The van der Waals surface area contributed by atoms with Crippen LogP contribution in [0.15, 0.2) is 18.2 Å². The predicted molar refractivity (Wildman–Crippen MR) is 86.3 cm³/mol. The van der Waals surface area contributed by atoms with Gasteiger partial charge in [0.1, 0.15) is 12.4 Å². The van der Waals surface area contributed by atoms with E-state index < -0.39 is 11.9 Å². The summed E-state index contributed by atoms with van der Waals surface area (Å²) in [5.41, 5.74) is 1.17. The second-order valence-electron chi connectivity index (χ2n) is 4.98. The summed E-state index contributed by atoms with van der Waals surface area (Å²) in [6, 6.07) is 5.86. The van der Waals surface area contributed by atoms with Gasteiger partial charge in [-0.25, -0.2) is 9.59 Å². The zero-order chi connectivity index (χ0) is 17.2. The van der Waals surface area contributed by atoms with Crippen molar-refractivity contribution in [2.45, 2.75) is 6.92 Å². The molecule has 1 aliphatic heterocycles. The van der Waals surface area contributed by atoms with E-state index in [0.717, 1.165) is 38.5 Å². The summed E-state index contributed by atoms with van der Waals surface area (Å²) in [6.07, 6.45) is 0. The molecule has 8 heteroatoms. The van der Waals surface area contributed by atoms with Gasteiger partial charge in [-0.1, -0.05) is 17.7 Å². The monoisotopic (exact) mass is 344 g/mol. The molecule has 0 unspecified atom stereocenters. The van der Waals surface area contributed by atoms with Crippen LogP contribution in [0.25, 0.3) is 0 Å². The molecule has 0 aromatic heterocycles. The van der Waals surface area contributed by atoms with Gasteiger partial charge in [0, 0.05) is 32.7 Å². The topological polar surface area (TPSA) is 99.1 Å². The third-order valence-corrected chi connectivity index (χ3v) is 3.46. The summed E-state index contributed by atoms with van der Waals surface area (Å²) >= 11 is 6.07. The van der Waals surface area contributed by atoms with Crippen LogP contribution in [0.1, 0.15) is 5.56 Å². The van der Waals surface area contributed by atoms with Crippen LogP contribution >= 0.6 is 11.6 Å². The number of ether oxygens (including phenoxy) is 1. The Bertz CT molecular complexity index is 521. The SMILES string of the molecule is Cc1ccc(Cl)c(OCCN2CCNCC2)c1.O=C(O)C(=O)O. The van der Waals surface area contributed by atoms with Crippen molar-refractivity contribution in [3.63, 3.8) is 0 Å². The van der Waals surface area contributed by atoms with Gasteiger partial charge in [0.15, 0.2) is 0 Å². The molecule has 23 heavy (non-hydrogen) atoms. The zero-order valence-electron chi connectivity index (χ0n) is 12.9. The number of nitrogens with one attached hydrogen (secondary N) is 1. The number of hydrogen-bond acceptors (Lipinski definition) is 5. The Balaban J connectivity index is 0.000000379. The van der Waals surface area contributed by atoms with Crippen molar-refractivity contribution in [1.82, 2.24) is 10.2 Å². The van der Waals surface area contributed by atoms with Crippen LogP contribution in [-0.2, 0) is 9.59 Å². The molecule has 0 bridgehead atoms. The summed E-state index contributed by atoms with van der Waals surface area (Å²) in [5, 5.41) is 18.8. The van der Waals surface area contributed by atoms with Crippen molar-refractivity contribution in [2.24, 2.45) is 0 Å². The molecule has 0 spiro atoms. The lowest BCUT2D eigenvalue weighted by Gasteiger charge is -2.27. The fourth-order valence-electron chi connectivity index (χ4n) is 1.94. The molecule has 1 saturated heterocycles. The predicted octanol–water partition coefficient (Wildman–Crippen LogP) is 1.09. The number of hydrogen-bond donors (Lipinski definition) is 3. The first-order valence-electron chi connectivity index (χ1n) is 7.18. The Morgan fingerprint density at radius 1 is 1.26 bits per heavy atom. The quantitative estimate of drug-likeness (QED) is 0.703. The third-order valence-electron chi connectivity index (χ3n) is 3.14. The minimum atomic E-state index is -1.82. The number of nitrogens with zero attached hydrogens (tertiary/aromatic N) is 1. The second kappa shape index (κ2) is 10.0. The van der Waals surface area contributed by atoms with E-state index in [-0.39, 0.29) is 0 Å². The third kappa shape index (κ3) is 7.83. The number of piperazine rings is 1. The molecule has 1 fully saturated rings. The molecular weight excluding hydrogens is 324 g/mol. The van der Waals surface area contributed by atoms with Crippen LogP contribution in [0, 0.1) is 6.92 Å². The van der Waals surface area contributed by atoms with E-state index in [9.17, 15) is 0 Å². The molecule has 0 atom stereocenters. The van der Waals surface area contributed by atoms with Gasteiger partial charge in [-0.2, -0.15) is 0 Å². The molecule has 1 aromatic rings. The average Bonchev–Trinajstić information content (AvgIpc) is 2.52. The van der Waals surface area contributed by atoms with Crippen LogP contribution in [0.3, 0.4) is 0 Å². The van der Waals surface area contributed by atoms with Crippen LogP contribution in [0.5, 0.6) is 5.75 Å². The molecular formula is C15H21ClN2O5. The van der Waals surface area contributed by atoms with E-state index in [2.05, 4.69) is 10.2 Å². The minimum absolute atomic E-state index is 0.691. The highest BCUT2D eigenvalue weighted by atomic mass is 35.5. The van der Waals surface area contributed by atoms with Gasteiger partial charge >= 0.3 is 11.9 Å². The molecule has 0 aliphatic carbocycles. The highest BCUT2D eigenvalue weighted by Gasteiger charge is 2.09. The molecule has 0 radical (unpaired) electrons. The highest BCUT2D eigenvalue weighted by molar-refractivity contribution is 6.32. The Morgan fingerprint density at radius 3 is 2.43 bits per heavy atom. The van der Waals surface area contributed by atoms with Crippen LogP contribution < -0.4 is 10.1 Å². The van der Waals surface area contributed by atoms with Crippen molar-refractivity contribution in [2.75, 3.05) is 39.3 Å². The van der Waals surface area contributed by atoms with Crippen molar-refractivity contribution in [1.29, 1.82) is 0 Å². The summed E-state index contributed by atoms with van der Waals surface area (Å²) in [5.74, 6) is -2.85. The number of halogens is 1. The summed E-state index contributed by atoms with van der Waals surface area (Å²) < 4.78 is 5.73. The number of benzene rings is 1. The molecule has 1 aromatic carbocycles. The molecule has 0 saturated carbocycles. The van der Waals surface area contributed by atoms with Crippen molar-refractivity contribution >= 4 is 23.5 Å². The number of aliphatic carboxylic acids is 2. The average molecular weight is 345 g/mol. The molecule has 1 heterocycles. The van der Waals surface area contributed by atoms with Gasteiger partial charge in [-0.05, 0) is 24.6 Å². The van der Waals surface area contributed by atoms with Crippen molar-refractivity contribution < 1.29 is 24.5 Å². The fraction of sp³-hybridized carbons (Fsp3) is 0.467.